The lowest BCUT2D eigenvalue weighted by atomic mass is 9.89. The van der Waals surface area contributed by atoms with Crippen molar-refractivity contribution >= 4 is 82.6 Å². The molecule has 1 atom stereocenters. The van der Waals surface area contributed by atoms with Crippen LogP contribution in [0.25, 0.3) is 82.2 Å². The summed E-state index contributed by atoms with van der Waals surface area (Å²) in [4.78, 5) is 1.48. The molecular formula is C49H33N3S. The number of thioether (sulfide) groups is 1. The molecule has 0 amide bonds. The van der Waals surface area contributed by atoms with E-state index in [4.69, 9.17) is 0 Å². The summed E-state index contributed by atoms with van der Waals surface area (Å²) in [5.74, 6) is 0. The molecule has 1 aliphatic carbocycles. The van der Waals surface area contributed by atoms with Crippen LogP contribution in [0.3, 0.4) is 0 Å². The number of benzene rings is 8. The molecule has 0 saturated heterocycles. The number of hydrogen-bond donors (Lipinski definition) is 1. The van der Waals surface area contributed by atoms with Gasteiger partial charge in [-0.15, -0.1) is 0 Å². The maximum Gasteiger partial charge on any atom is 0.102 e. The van der Waals surface area contributed by atoms with Crippen LogP contribution in [-0.2, 0) is 6.42 Å². The van der Waals surface area contributed by atoms with Gasteiger partial charge >= 0.3 is 0 Å². The fraction of sp³-hybridized carbons (Fsp3) is 0.0612. The molecule has 250 valence electrons. The van der Waals surface area contributed by atoms with Crippen LogP contribution >= 0.6 is 11.8 Å². The monoisotopic (exact) mass is 695 g/mol. The van der Waals surface area contributed by atoms with Gasteiger partial charge in [-0.3, -0.25) is 0 Å². The summed E-state index contributed by atoms with van der Waals surface area (Å²) in [6, 6.07) is 60.6. The molecule has 2 aliphatic rings. The van der Waals surface area contributed by atoms with E-state index in [9.17, 15) is 0 Å². The van der Waals surface area contributed by atoms with Crippen molar-refractivity contribution in [3.05, 3.63) is 185 Å². The molecule has 8 aromatic carbocycles. The first-order valence-corrected chi connectivity index (χ1v) is 19.4. The number of hydrogen-bond acceptors (Lipinski definition) is 2. The summed E-state index contributed by atoms with van der Waals surface area (Å²) < 4.78 is 4.90. The van der Waals surface area contributed by atoms with Crippen LogP contribution < -0.4 is 5.32 Å². The average Bonchev–Trinajstić information content (AvgIpc) is 3.91. The number of nitrogens with one attached hydrogen (secondary N) is 1. The zero-order chi connectivity index (χ0) is 34.6. The van der Waals surface area contributed by atoms with E-state index in [1.807, 2.05) is 11.8 Å². The van der Waals surface area contributed by atoms with Crippen molar-refractivity contribution in [1.29, 1.82) is 0 Å². The fourth-order valence-electron chi connectivity index (χ4n) is 9.27. The minimum atomic E-state index is 0.256. The number of allylic oxidation sites excluding steroid dienone is 1. The van der Waals surface area contributed by atoms with Gasteiger partial charge in [0.15, 0.2) is 0 Å². The molecule has 0 fully saturated rings. The smallest absolute Gasteiger partial charge is 0.102 e. The van der Waals surface area contributed by atoms with Crippen molar-refractivity contribution in [2.75, 3.05) is 0 Å². The Morgan fingerprint density at radius 3 is 2.02 bits per heavy atom. The zero-order valence-corrected chi connectivity index (χ0v) is 29.7. The highest BCUT2D eigenvalue weighted by Gasteiger charge is 2.31. The summed E-state index contributed by atoms with van der Waals surface area (Å²) in [6.07, 6.45) is 2.18. The predicted molar refractivity (Wildman–Crippen MR) is 225 cm³/mol. The third kappa shape index (κ3) is 4.24. The summed E-state index contributed by atoms with van der Waals surface area (Å²) in [5, 5.41) is 14.4. The molecule has 0 saturated carbocycles. The summed E-state index contributed by atoms with van der Waals surface area (Å²) in [7, 11) is 0. The van der Waals surface area contributed by atoms with Gasteiger partial charge in [0, 0.05) is 43.4 Å². The van der Waals surface area contributed by atoms with Gasteiger partial charge in [0.2, 0.25) is 0 Å². The van der Waals surface area contributed by atoms with Gasteiger partial charge in [-0.05, 0) is 94.0 Å². The van der Waals surface area contributed by atoms with Gasteiger partial charge in [-0.2, -0.15) is 0 Å². The Kier molecular flexibility index (Phi) is 6.17. The molecule has 1 aliphatic heterocycles. The molecule has 1 unspecified atom stereocenters. The van der Waals surface area contributed by atoms with E-state index in [1.54, 1.807) is 0 Å². The van der Waals surface area contributed by atoms with Gasteiger partial charge < -0.3 is 14.5 Å². The number of rotatable bonds is 3. The maximum atomic E-state index is 3.93. The Hall–Kier alpha value is -6.23. The lowest BCUT2D eigenvalue weighted by molar-refractivity contribution is 0.866. The topological polar surface area (TPSA) is 21.9 Å². The molecule has 2 aromatic heterocycles. The van der Waals surface area contributed by atoms with Crippen LogP contribution in [0.15, 0.2) is 169 Å². The molecule has 1 N–H and O–H groups in total. The van der Waals surface area contributed by atoms with E-state index in [0.717, 1.165) is 12.8 Å². The van der Waals surface area contributed by atoms with Gasteiger partial charge in [-0.1, -0.05) is 127 Å². The van der Waals surface area contributed by atoms with Gasteiger partial charge in [-0.25, -0.2) is 0 Å². The largest absolute Gasteiger partial charge is 0.368 e. The average molecular weight is 696 g/mol. The number of aryl methyl sites for hydroxylation is 1. The van der Waals surface area contributed by atoms with Crippen LogP contribution in [0, 0.1) is 0 Å². The molecule has 0 spiro atoms. The molecule has 0 radical (unpaired) electrons. The van der Waals surface area contributed by atoms with Gasteiger partial charge in [0.05, 0.1) is 27.8 Å². The highest BCUT2D eigenvalue weighted by molar-refractivity contribution is 8.03. The Bertz CT molecular complexity index is 3180. The second kappa shape index (κ2) is 11.1. The van der Waals surface area contributed by atoms with E-state index in [1.165, 1.54) is 104 Å². The Morgan fingerprint density at radius 2 is 1.13 bits per heavy atom. The highest BCUT2D eigenvalue weighted by Crippen LogP contribution is 2.50. The van der Waals surface area contributed by atoms with E-state index in [-0.39, 0.29) is 5.37 Å². The van der Waals surface area contributed by atoms with Crippen LogP contribution in [-0.4, -0.2) is 9.13 Å². The van der Waals surface area contributed by atoms with E-state index >= 15 is 0 Å². The quantitative estimate of drug-likeness (QED) is 0.199. The lowest BCUT2D eigenvalue weighted by Gasteiger charge is -2.21. The van der Waals surface area contributed by atoms with E-state index < -0.39 is 0 Å². The summed E-state index contributed by atoms with van der Waals surface area (Å²) in [6.45, 7) is 0. The number of aromatic nitrogens is 2. The van der Waals surface area contributed by atoms with Crippen LogP contribution in [0.2, 0.25) is 0 Å². The first-order valence-electron chi connectivity index (χ1n) is 18.5. The van der Waals surface area contributed by atoms with Crippen molar-refractivity contribution < 1.29 is 0 Å². The minimum absolute atomic E-state index is 0.256. The third-order valence-electron chi connectivity index (χ3n) is 11.6. The van der Waals surface area contributed by atoms with Crippen molar-refractivity contribution in [3.63, 3.8) is 0 Å². The Morgan fingerprint density at radius 1 is 0.472 bits per heavy atom. The Balaban J connectivity index is 1.02. The number of nitrogens with zero attached hydrogens (tertiary/aromatic N) is 2. The second-order valence-corrected chi connectivity index (χ2v) is 15.6. The molecule has 53 heavy (non-hydrogen) atoms. The first kappa shape index (κ1) is 29.4. The summed E-state index contributed by atoms with van der Waals surface area (Å²) in [5.41, 5.74) is 12.7. The number of fused-ring (bicyclic) bond motifs is 12. The highest BCUT2D eigenvalue weighted by atomic mass is 32.2. The third-order valence-corrected chi connectivity index (χ3v) is 12.9. The molecule has 10 aromatic rings. The van der Waals surface area contributed by atoms with Crippen molar-refractivity contribution in [1.82, 2.24) is 14.5 Å². The predicted octanol–water partition coefficient (Wildman–Crippen LogP) is 12.8. The molecule has 4 heteroatoms. The van der Waals surface area contributed by atoms with Gasteiger partial charge in [0.1, 0.15) is 5.37 Å². The Labute approximate surface area is 310 Å². The molecule has 12 rings (SSSR count). The summed E-state index contributed by atoms with van der Waals surface area (Å²) >= 11 is 1.99. The molecule has 3 nitrogen and oxygen atoms in total. The van der Waals surface area contributed by atoms with Crippen LogP contribution in [0.4, 0.5) is 0 Å². The maximum absolute atomic E-state index is 3.93. The zero-order valence-electron chi connectivity index (χ0n) is 28.9. The van der Waals surface area contributed by atoms with Crippen molar-refractivity contribution in [2.24, 2.45) is 0 Å². The first-order chi connectivity index (χ1) is 26.3. The van der Waals surface area contributed by atoms with Gasteiger partial charge in [0.25, 0.3) is 0 Å². The lowest BCUT2D eigenvalue weighted by Crippen LogP contribution is -2.15. The van der Waals surface area contributed by atoms with Crippen molar-refractivity contribution in [2.45, 2.75) is 18.2 Å². The van der Waals surface area contributed by atoms with E-state index in [2.05, 4.69) is 178 Å². The fourth-order valence-corrected chi connectivity index (χ4v) is 10.5. The molecule has 0 bridgehead atoms. The van der Waals surface area contributed by atoms with E-state index in [0.29, 0.717) is 0 Å². The molecular weight excluding hydrogens is 663 g/mol. The van der Waals surface area contributed by atoms with Crippen molar-refractivity contribution in [3.8, 4) is 11.4 Å². The standard InChI is InChI=1S/C49H33N3S/c1-2-11-32(12-3-1)49-50-48-45(53-49)27-21-31-18-19-33-28-34(22-24-37(33)46(31)48)51-41-16-8-6-14-38(41)40-29-35(23-26-43(40)51)52-42-17-9-7-15-39(42)47-36-13-5-4-10-30(36)20-25-44(47)52/h1-20,22-26,28-29,49-50H,21,27H2. The SMILES string of the molecule is c1ccc(C2NC3=C(CCc4ccc5cc(-n6c7ccccc7c7cc(-n8c9ccccc9c9c%10ccccc%10ccc98)ccc76)ccc5c43)S2)cc1. The van der Waals surface area contributed by atoms with Crippen LogP contribution in [0.1, 0.15) is 28.5 Å². The van der Waals surface area contributed by atoms with Crippen LogP contribution in [0.5, 0.6) is 0 Å². The minimum Gasteiger partial charge on any atom is -0.368 e. The second-order valence-electron chi connectivity index (χ2n) is 14.4. The number of para-hydroxylation sites is 2. The molecule has 3 heterocycles. The normalized spacial score (nSPS) is 15.6.